The molecule has 6 heteroatoms. The molecule has 0 radical (unpaired) electrons. The van der Waals surface area contributed by atoms with Gasteiger partial charge in [0.25, 0.3) is 11.8 Å². The molecule has 0 spiro atoms. The molecule has 5 nitrogen and oxygen atoms in total. The fraction of sp³-hybridized carbons (Fsp3) is 0.286. The second-order valence-electron chi connectivity index (χ2n) is 7.28. The lowest BCUT2D eigenvalue weighted by Crippen LogP contribution is -2.47. The van der Waals surface area contributed by atoms with E-state index in [4.69, 9.17) is 0 Å². The van der Waals surface area contributed by atoms with Crippen LogP contribution < -0.4 is 5.32 Å². The molecule has 2 aliphatic rings. The summed E-state index contributed by atoms with van der Waals surface area (Å²) in [5.41, 5.74) is 0.528. The number of hydrogen-bond acceptors (Lipinski definition) is 4. The predicted octanol–water partition coefficient (Wildman–Crippen LogP) is 3.33. The van der Waals surface area contributed by atoms with Crippen molar-refractivity contribution in [2.75, 3.05) is 6.54 Å². The van der Waals surface area contributed by atoms with Gasteiger partial charge < -0.3 is 10.2 Å². The number of pyridine rings is 1. The maximum absolute atomic E-state index is 13.1. The summed E-state index contributed by atoms with van der Waals surface area (Å²) >= 11 is 1.45. The first kappa shape index (κ1) is 16.4. The van der Waals surface area contributed by atoms with E-state index in [1.807, 2.05) is 52.7 Å². The quantitative estimate of drug-likeness (QED) is 0.762. The average molecular weight is 377 g/mol. The second-order valence-corrected chi connectivity index (χ2v) is 8.23. The fourth-order valence-electron chi connectivity index (χ4n) is 4.45. The van der Waals surface area contributed by atoms with E-state index >= 15 is 0 Å². The highest BCUT2D eigenvalue weighted by atomic mass is 32.1. The average Bonchev–Trinajstić information content (AvgIpc) is 3.44. The zero-order valence-corrected chi connectivity index (χ0v) is 15.5. The van der Waals surface area contributed by atoms with Gasteiger partial charge in [-0.25, -0.2) is 0 Å². The van der Waals surface area contributed by atoms with Crippen molar-refractivity contribution in [3.8, 4) is 0 Å². The summed E-state index contributed by atoms with van der Waals surface area (Å²) in [6.07, 6.45) is 3.47. The third-order valence-electron chi connectivity index (χ3n) is 5.74. The van der Waals surface area contributed by atoms with Crippen molar-refractivity contribution >= 4 is 33.9 Å². The summed E-state index contributed by atoms with van der Waals surface area (Å²) in [6, 6.07) is 13.8. The van der Waals surface area contributed by atoms with Gasteiger partial charge in [0, 0.05) is 30.2 Å². The van der Waals surface area contributed by atoms with Crippen molar-refractivity contribution in [3.05, 3.63) is 64.6 Å². The minimum Gasteiger partial charge on any atom is -0.348 e. The fourth-order valence-corrected chi connectivity index (χ4v) is 5.08. The number of nitrogens with one attached hydrogen (secondary N) is 1. The summed E-state index contributed by atoms with van der Waals surface area (Å²) in [5.74, 6) is 0.316. The molecule has 1 N–H and O–H groups in total. The Morgan fingerprint density at radius 2 is 2.00 bits per heavy atom. The van der Waals surface area contributed by atoms with Gasteiger partial charge in [0.05, 0.1) is 4.88 Å². The van der Waals surface area contributed by atoms with Crippen molar-refractivity contribution in [2.24, 2.45) is 5.92 Å². The standard InChI is InChI=1S/C21H19N3O2S/c25-20(18-6-3-9-27-18)23-17-11-15-10-14(17)12-24(15)21(26)19-16-5-2-1-4-13(16)7-8-22-19/h1-9,14-15,17H,10-12H2,(H,23,25). The molecule has 2 bridgehead atoms. The number of hydrogen-bond donors (Lipinski definition) is 1. The van der Waals surface area contributed by atoms with Crippen molar-refractivity contribution in [3.63, 3.8) is 0 Å². The number of piperidine rings is 1. The first-order chi connectivity index (χ1) is 13.2. The predicted molar refractivity (Wildman–Crippen MR) is 105 cm³/mol. The third kappa shape index (κ3) is 2.80. The van der Waals surface area contributed by atoms with Crippen LogP contribution in [0, 0.1) is 5.92 Å². The van der Waals surface area contributed by atoms with Crippen LogP contribution in [0.3, 0.4) is 0 Å². The van der Waals surface area contributed by atoms with Gasteiger partial charge in [0.15, 0.2) is 0 Å². The molecule has 1 aliphatic carbocycles. The molecule has 2 amide bonds. The van der Waals surface area contributed by atoms with E-state index in [1.54, 1.807) is 6.20 Å². The monoisotopic (exact) mass is 377 g/mol. The maximum Gasteiger partial charge on any atom is 0.273 e. The lowest BCUT2D eigenvalue weighted by Gasteiger charge is -2.32. The Balaban J connectivity index is 1.32. The summed E-state index contributed by atoms with van der Waals surface area (Å²) in [6.45, 7) is 0.684. The lowest BCUT2D eigenvalue weighted by molar-refractivity contribution is 0.0676. The molecule has 5 rings (SSSR count). The number of amides is 2. The van der Waals surface area contributed by atoms with Crippen LogP contribution in [0.4, 0.5) is 0 Å². The highest BCUT2D eigenvalue weighted by Gasteiger charge is 2.47. The number of thiophene rings is 1. The van der Waals surface area contributed by atoms with Crippen molar-refractivity contribution < 1.29 is 9.59 Å². The summed E-state index contributed by atoms with van der Waals surface area (Å²) in [7, 11) is 0. The molecule has 2 fully saturated rings. The Hall–Kier alpha value is -2.73. The molecule has 136 valence electrons. The third-order valence-corrected chi connectivity index (χ3v) is 6.61. The zero-order valence-electron chi connectivity index (χ0n) is 14.7. The molecule has 1 aromatic carbocycles. The van der Waals surface area contributed by atoms with Crippen molar-refractivity contribution in [1.82, 2.24) is 15.2 Å². The van der Waals surface area contributed by atoms with Crippen LogP contribution in [0.25, 0.3) is 10.8 Å². The Morgan fingerprint density at radius 3 is 2.78 bits per heavy atom. The van der Waals surface area contributed by atoms with Crippen LogP contribution in [0.5, 0.6) is 0 Å². The summed E-state index contributed by atoms with van der Waals surface area (Å²) in [4.78, 5) is 32.5. The molecular formula is C21H19N3O2S. The van der Waals surface area contributed by atoms with E-state index < -0.39 is 0 Å². The minimum atomic E-state index is -0.00357. The summed E-state index contributed by atoms with van der Waals surface area (Å²) < 4.78 is 0. The number of carbonyl (C=O) groups excluding carboxylic acids is 2. The number of aromatic nitrogens is 1. The molecule has 3 unspecified atom stereocenters. The molecule has 3 heterocycles. The van der Waals surface area contributed by atoms with Gasteiger partial charge >= 0.3 is 0 Å². The highest BCUT2D eigenvalue weighted by molar-refractivity contribution is 7.12. The van der Waals surface area contributed by atoms with Crippen molar-refractivity contribution in [2.45, 2.75) is 24.9 Å². The van der Waals surface area contributed by atoms with E-state index in [-0.39, 0.29) is 23.9 Å². The maximum atomic E-state index is 13.1. The number of nitrogens with zero attached hydrogens (tertiary/aromatic N) is 2. The minimum absolute atomic E-state index is 0.00216. The van der Waals surface area contributed by atoms with Gasteiger partial charge in [0.2, 0.25) is 0 Å². The van der Waals surface area contributed by atoms with Gasteiger partial charge in [-0.05, 0) is 41.7 Å². The Kier molecular flexibility index (Phi) is 3.93. The smallest absolute Gasteiger partial charge is 0.273 e. The normalized spacial score (nSPS) is 23.7. The highest BCUT2D eigenvalue weighted by Crippen LogP contribution is 2.39. The van der Waals surface area contributed by atoms with E-state index in [9.17, 15) is 9.59 Å². The topological polar surface area (TPSA) is 62.3 Å². The molecule has 27 heavy (non-hydrogen) atoms. The second kappa shape index (κ2) is 6.46. The van der Waals surface area contributed by atoms with Crippen LogP contribution in [0.15, 0.2) is 54.0 Å². The Bertz CT molecular complexity index is 1010. The lowest BCUT2D eigenvalue weighted by atomic mass is 10.0. The first-order valence-corrected chi connectivity index (χ1v) is 10.1. The first-order valence-electron chi connectivity index (χ1n) is 9.20. The SMILES string of the molecule is O=C(NC1CC2CC1CN2C(=O)c1nccc2ccccc12)c1cccs1. The van der Waals surface area contributed by atoms with Crippen LogP contribution in [0.2, 0.25) is 0 Å². The zero-order chi connectivity index (χ0) is 18.4. The molecule has 1 saturated heterocycles. The number of likely N-dealkylation sites (tertiary alicyclic amines) is 1. The van der Waals surface area contributed by atoms with E-state index in [0.29, 0.717) is 18.2 Å². The van der Waals surface area contributed by atoms with Gasteiger partial charge in [0.1, 0.15) is 5.69 Å². The summed E-state index contributed by atoms with van der Waals surface area (Å²) in [5, 5.41) is 7.00. The van der Waals surface area contributed by atoms with Gasteiger partial charge in [-0.2, -0.15) is 0 Å². The number of carbonyl (C=O) groups is 2. The largest absolute Gasteiger partial charge is 0.348 e. The Morgan fingerprint density at radius 1 is 1.11 bits per heavy atom. The van der Waals surface area contributed by atoms with Gasteiger partial charge in [-0.15, -0.1) is 11.3 Å². The van der Waals surface area contributed by atoms with Crippen molar-refractivity contribution in [1.29, 1.82) is 0 Å². The molecule has 1 aliphatic heterocycles. The van der Waals surface area contributed by atoms with Gasteiger partial charge in [-0.3, -0.25) is 14.6 Å². The van der Waals surface area contributed by atoms with Gasteiger partial charge in [-0.1, -0.05) is 30.3 Å². The molecule has 3 atom stereocenters. The number of fused-ring (bicyclic) bond motifs is 3. The van der Waals surface area contributed by atoms with Crippen LogP contribution in [0.1, 0.15) is 33.0 Å². The van der Waals surface area contributed by atoms with Crippen LogP contribution in [-0.2, 0) is 0 Å². The van der Waals surface area contributed by atoms with E-state index in [1.165, 1.54) is 11.3 Å². The molecular weight excluding hydrogens is 358 g/mol. The van der Waals surface area contributed by atoms with E-state index in [2.05, 4.69) is 10.3 Å². The molecule has 2 aromatic heterocycles. The molecule has 1 saturated carbocycles. The number of rotatable bonds is 3. The van der Waals surface area contributed by atoms with Crippen LogP contribution in [-0.4, -0.2) is 40.3 Å². The number of benzene rings is 1. The Labute approximate surface area is 161 Å². The van der Waals surface area contributed by atoms with Crippen LogP contribution >= 0.6 is 11.3 Å². The molecule has 3 aromatic rings. The van der Waals surface area contributed by atoms with E-state index in [0.717, 1.165) is 28.5 Å².